The summed E-state index contributed by atoms with van der Waals surface area (Å²) >= 11 is 7.39. The Morgan fingerprint density at radius 1 is 1.41 bits per heavy atom. The molecule has 0 aliphatic rings. The van der Waals surface area contributed by atoms with Gasteiger partial charge in [0.2, 0.25) is 10.9 Å². The average molecular weight is 336 g/mol. The van der Waals surface area contributed by atoms with Crippen LogP contribution in [0.4, 0.5) is 0 Å². The molecule has 0 atom stereocenters. The van der Waals surface area contributed by atoms with E-state index in [1.807, 2.05) is 19.1 Å². The first-order valence-corrected chi connectivity index (χ1v) is 8.00. The molecule has 2 heterocycles. The number of rotatable bonds is 5. The van der Waals surface area contributed by atoms with Gasteiger partial charge in [0.05, 0.1) is 6.42 Å². The Hall–Kier alpha value is -1.99. The van der Waals surface area contributed by atoms with Crippen LogP contribution in [0.1, 0.15) is 16.4 Å². The first kappa shape index (κ1) is 14.9. The number of halogens is 1. The Labute approximate surface area is 136 Å². The van der Waals surface area contributed by atoms with Gasteiger partial charge in [0.25, 0.3) is 0 Å². The van der Waals surface area contributed by atoms with Gasteiger partial charge < -0.3 is 5.32 Å². The van der Waals surface area contributed by atoms with Crippen molar-refractivity contribution in [3.63, 3.8) is 0 Å². The third-order valence-corrected chi connectivity index (χ3v) is 4.30. The molecule has 2 aromatic heterocycles. The van der Waals surface area contributed by atoms with Crippen LogP contribution in [0.5, 0.6) is 0 Å². The van der Waals surface area contributed by atoms with E-state index in [9.17, 15) is 4.79 Å². The van der Waals surface area contributed by atoms with Crippen LogP contribution in [0, 0.1) is 6.92 Å². The lowest BCUT2D eigenvalue weighted by molar-refractivity contribution is -0.120. The van der Waals surface area contributed by atoms with E-state index < -0.39 is 0 Å². The van der Waals surface area contributed by atoms with Gasteiger partial charge in [-0.1, -0.05) is 35.1 Å². The minimum Gasteiger partial charge on any atom is -0.355 e. The lowest BCUT2D eigenvalue weighted by atomic mass is 10.1. The van der Waals surface area contributed by atoms with Crippen LogP contribution < -0.4 is 5.32 Å². The van der Waals surface area contributed by atoms with E-state index in [2.05, 4.69) is 20.6 Å². The largest absolute Gasteiger partial charge is 0.355 e. The van der Waals surface area contributed by atoms with Gasteiger partial charge in [0.15, 0.2) is 5.82 Å². The van der Waals surface area contributed by atoms with Crippen molar-refractivity contribution in [2.45, 2.75) is 19.8 Å². The first-order valence-electron chi connectivity index (χ1n) is 6.80. The molecule has 0 fully saturated rings. The number of nitrogens with zero attached hydrogens (tertiary/aromatic N) is 4. The van der Waals surface area contributed by atoms with Crippen molar-refractivity contribution in [1.29, 1.82) is 0 Å². The summed E-state index contributed by atoms with van der Waals surface area (Å²) in [6.07, 6.45) is 1.000. The average Bonchev–Trinajstić information content (AvgIpc) is 3.01. The highest BCUT2D eigenvalue weighted by Gasteiger charge is 2.09. The molecule has 1 aromatic carbocycles. The van der Waals surface area contributed by atoms with Gasteiger partial charge in [0.1, 0.15) is 5.01 Å². The van der Waals surface area contributed by atoms with E-state index in [4.69, 9.17) is 11.6 Å². The number of aromatic nitrogens is 4. The van der Waals surface area contributed by atoms with Crippen molar-refractivity contribution in [2.75, 3.05) is 6.54 Å². The maximum Gasteiger partial charge on any atom is 0.234 e. The molecule has 0 aliphatic heterocycles. The molecule has 1 amide bonds. The molecule has 0 saturated carbocycles. The number of carbonyl (C=O) groups excluding carboxylic acids is 1. The van der Waals surface area contributed by atoms with E-state index in [0.717, 1.165) is 21.4 Å². The van der Waals surface area contributed by atoms with Crippen molar-refractivity contribution < 1.29 is 4.79 Å². The summed E-state index contributed by atoms with van der Waals surface area (Å²) in [6, 6.07) is 7.31. The van der Waals surface area contributed by atoms with Crippen LogP contribution >= 0.6 is 22.9 Å². The molecule has 0 aliphatic carbocycles. The molecule has 0 spiro atoms. The molecule has 22 heavy (non-hydrogen) atoms. The van der Waals surface area contributed by atoms with Gasteiger partial charge in [-0.25, -0.2) is 0 Å². The summed E-state index contributed by atoms with van der Waals surface area (Å²) in [6.45, 7) is 2.40. The number of aryl methyl sites for hydroxylation is 1. The van der Waals surface area contributed by atoms with Gasteiger partial charge in [-0.3, -0.25) is 4.79 Å². The van der Waals surface area contributed by atoms with Gasteiger partial charge >= 0.3 is 0 Å². The molecule has 1 N–H and O–H groups in total. The Bertz CT molecular complexity index is 813. The Balaban J connectivity index is 1.51. The van der Waals surface area contributed by atoms with Gasteiger partial charge in [0, 0.05) is 18.0 Å². The Morgan fingerprint density at radius 2 is 2.27 bits per heavy atom. The highest BCUT2D eigenvalue weighted by molar-refractivity contribution is 7.16. The van der Waals surface area contributed by atoms with Gasteiger partial charge in [-0.15, -0.1) is 10.2 Å². The van der Waals surface area contributed by atoms with Gasteiger partial charge in [-0.05, 0) is 24.6 Å². The maximum absolute atomic E-state index is 11.9. The third kappa shape index (κ3) is 3.42. The number of hydrogen-bond acceptors (Lipinski definition) is 5. The van der Waals surface area contributed by atoms with Crippen molar-refractivity contribution in [2.24, 2.45) is 0 Å². The number of carbonyl (C=O) groups is 1. The van der Waals surface area contributed by atoms with E-state index in [-0.39, 0.29) is 5.91 Å². The first-order chi connectivity index (χ1) is 10.6. The second-order valence-electron chi connectivity index (χ2n) is 4.84. The smallest absolute Gasteiger partial charge is 0.234 e. The molecule has 8 heteroatoms. The normalized spacial score (nSPS) is 11.0. The molecule has 0 bridgehead atoms. The second kappa shape index (κ2) is 6.41. The van der Waals surface area contributed by atoms with Crippen LogP contribution in [0.3, 0.4) is 0 Å². The number of amides is 1. The molecular weight excluding hydrogens is 322 g/mol. The zero-order chi connectivity index (χ0) is 15.5. The molecule has 0 radical (unpaired) electrons. The van der Waals surface area contributed by atoms with Crippen LogP contribution in [0.15, 0.2) is 24.3 Å². The highest BCUT2D eigenvalue weighted by atomic mass is 35.5. The van der Waals surface area contributed by atoms with Crippen molar-refractivity contribution in [3.8, 4) is 0 Å². The van der Waals surface area contributed by atoms with E-state index in [0.29, 0.717) is 24.4 Å². The fourth-order valence-corrected chi connectivity index (χ4v) is 3.15. The van der Waals surface area contributed by atoms with Crippen LogP contribution in [-0.2, 0) is 17.6 Å². The molecule has 3 aromatic rings. The highest BCUT2D eigenvalue weighted by Crippen LogP contribution is 2.14. The van der Waals surface area contributed by atoms with E-state index >= 15 is 0 Å². The Morgan fingerprint density at radius 3 is 3.05 bits per heavy atom. The summed E-state index contributed by atoms with van der Waals surface area (Å²) in [5.74, 6) is 0.740. The molecule has 3 rings (SSSR count). The lowest BCUT2D eigenvalue weighted by Crippen LogP contribution is -2.27. The standard InChI is InChI=1S/C14H14ClN5OS/c1-9-17-18-14-20(9)19-13(22-14)5-6-16-12(21)8-10-3-2-4-11(15)7-10/h2-4,7H,5-6,8H2,1H3,(H,16,21). The summed E-state index contributed by atoms with van der Waals surface area (Å²) in [4.78, 5) is 12.7. The SMILES string of the molecule is Cc1nnc2sc(CCNC(=O)Cc3cccc(Cl)c3)nn12. The molecule has 114 valence electrons. The van der Waals surface area contributed by atoms with Crippen molar-refractivity contribution in [1.82, 2.24) is 25.1 Å². The topological polar surface area (TPSA) is 72.2 Å². The molecule has 0 saturated heterocycles. The quantitative estimate of drug-likeness (QED) is 0.774. The molecule has 0 unspecified atom stereocenters. The molecular formula is C14H14ClN5OS. The number of fused-ring (bicyclic) bond motifs is 1. The number of hydrogen-bond donors (Lipinski definition) is 1. The summed E-state index contributed by atoms with van der Waals surface area (Å²) < 4.78 is 1.72. The third-order valence-electron chi connectivity index (χ3n) is 3.10. The van der Waals surface area contributed by atoms with Crippen LogP contribution in [-0.4, -0.2) is 32.3 Å². The zero-order valence-corrected chi connectivity index (χ0v) is 13.5. The van der Waals surface area contributed by atoms with Crippen molar-refractivity contribution in [3.05, 3.63) is 45.7 Å². The Kier molecular flexibility index (Phi) is 4.35. The van der Waals surface area contributed by atoms with Gasteiger partial charge in [-0.2, -0.15) is 9.61 Å². The summed E-state index contributed by atoms with van der Waals surface area (Å²) in [5.41, 5.74) is 0.902. The lowest BCUT2D eigenvalue weighted by Gasteiger charge is -2.04. The fraction of sp³-hybridized carbons (Fsp3) is 0.286. The summed E-state index contributed by atoms with van der Waals surface area (Å²) in [5, 5.41) is 16.8. The minimum atomic E-state index is -0.0264. The number of nitrogens with one attached hydrogen (secondary N) is 1. The predicted octanol–water partition coefficient (Wildman–Crippen LogP) is 2.05. The number of benzene rings is 1. The van der Waals surface area contributed by atoms with E-state index in [1.165, 1.54) is 11.3 Å². The summed E-state index contributed by atoms with van der Waals surface area (Å²) in [7, 11) is 0. The second-order valence-corrected chi connectivity index (χ2v) is 6.32. The van der Waals surface area contributed by atoms with Crippen LogP contribution in [0.2, 0.25) is 5.02 Å². The van der Waals surface area contributed by atoms with Crippen LogP contribution in [0.25, 0.3) is 4.96 Å². The van der Waals surface area contributed by atoms with Crippen molar-refractivity contribution >= 4 is 33.8 Å². The monoisotopic (exact) mass is 335 g/mol. The zero-order valence-electron chi connectivity index (χ0n) is 11.9. The predicted molar refractivity (Wildman–Crippen MR) is 85.3 cm³/mol. The maximum atomic E-state index is 11.9. The fourth-order valence-electron chi connectivity index (χ4n) is 2.06. The molecule has 6 nitrogen and oxygen atoms in total. The van der Waals surface area contributed by atoms with E-state index in [1.54, 1.807) is 16.6 Å². The minimum absolute atomic E-state index is 0.0264.